The summed E-state index contributed by atoms with van der Waals surface area (Å²) in [7, 11) is 1.69. The zero-order valence-electron chi connectivity index (χ0n) is 16.5. The fourth-order valence-electron chi connectivity index (χ4n) is 3.74. The van der Waals surface area contributed by atoms with Gasteiger partial charge in [-0.1, -0.05) is 18.2 Å². The summed E-state index contributed by atoms with van der Waals surface area (Å²) < 4.78 is 10.8. The van der Waals surface area contributed by atoms with Crippen LogP contribution in [0.5, 0.6) is 11.5 Å². The molecule has 1 aromatic heterocycles. The van der Waals surface area contributed by atoms with Crippen LogP contribution in [0.3, 0.4) is 0 Å². The molecule has 6 nitrogen and oxygen atoms in total. The van der Waals surface area contributed by atoms with E-state index in [2.05, 4.69) is 40.4 Å². The van der Waals surface area contributed by atoms with Gasteiger partial charge in [0.2, 0.25) is 0 Å². The average molecular weight is 391 g/mol. The number of aromatic amines is 1. The van der Waals surface area contributed by atoms with Crippen LogP contribution in [0.15, 0.2) is 54.7 Å². The van der Waals surface area contributed by atoms with E-state index < -0.39 is 5.91 Å². The molecular formula is C23H25N3O3. The number of hydrogen-bond donors (Lipinski definition) is 2. The van der Waals surface area contributed by atoms with Crippen LogP contribution >= 0.6 is 0 Å². The van der Waals surface area contributed by atoms with Crippen LogP contribution in [0.2, 0.25) is 0 Å². The Balaban J connectivity index is 1.44. The minimum absolute atomic E-state index is 0.103. The van der Waals surface area contributed by atoms with Gasteiger partial charge < -0.3 is 20.2 Å². The number of benzene rings is 2. The van der Waals surface area contributed by atoms with Crippen molar-refractivity contribution in [2.75, 3.05) is 26.8 Å². The molecule has 0 fully saturated rings. The molecule has 0 atom stereocenters. The second kappa shape index (κ2) is 8.41. The number of amides is 1. The van der Waals surface area contributed by atoms with E-state index in [-0.39, 0.29) is 6.61 Å². The lowest BCUT2D eigenvalue weighted by molar-refractivity contribution is -0.119. The number of methoxy groups -OCH3 is 1. The number of nitrogens with two attached hydrogens (primary N) is 1. The van der Waals surface area contributed by atoms with Gasteiger partial charge in [0.25, 0.3) is 5.91 Å². The molecule has 0 aliphatic carbocycles. The molecule has 0 radical (unpaired) electrons. The first-order chi connectivity index (χ1) is 14.1. The maximum absolute atomic E-state index is 10.9. The quantitative estimate of drug-likeness (QED) is 0.647. The fraction of sp³-hybridized carbons (Fsp3) is 0.261. The van der Waals surface area contributed by atoms with E-state index in [1.807, 2.05) is 24.3 Å². The van der Waals surface area contributed by atoms with Crippen LogP contribution in [-0.4, -0.2) is 42.6 Å². The Kier molecular flexibility index (Phi) is 5.53. The van der Waals surface area contributed by atoms with Gasteiger partial charge in [-0.2, -0.15) is 0 Å². The Morgan fingerprint density at radius 2 is 2.10 bits per heavy atom. The lowest BCUT2D eigenvalue weighted by Gasteiger charge is -2.26. The first-order valence-corrected chi connectivity index (χ1v) is 9.69. The Hall–Kier alpha value is -3.25. The molecule has 6 heteroatoms. The number of nitrogens with zero attached hydrogens (tertiary/aromatic N) is 1. The monoisotopic (exact) mass is 391 g/mol. The average Bonchev–Trinajstić information content (AvgIpc) is 3.16. The van der Waals surface area contributed by atoms with Gasteiger partial charge in [-0.25, -0.2) is 0 Å². The maximum atomic E-state index is 10.9. The summed E-state index contributed by atoms with van der Waals surface area (Å²) in [5.74, 6) is 1.07. The van der Waals surface area contributed by atoms with Crippen molar-refractivity contribution in [3.05, 3.63) is 65.9 Å². The number of primary amides is 1. The minimum atomic E-state index is -0.473. The number of hydrogen-bond acceptors (Lipinski definition) is 4. The largest absolute Gasteiger partial charge is 0.497 e. The maximum Gasteiger partial charge on any atom is 0.255 e. The summed E-state index contributed by atoms with van der Waals surface area (Å²) in [5.41, 5.74) is 10.0. The number of ether oxygens (including phenoxy) is 2. The molecule has 2 heterocycles. The van der Waals surface area contributed by atoms with E-state index in [4.69, 9.17) is 15.2 Å². The van der Waals surface area contributed by atoms with E-state index in [0.29, 0.717) is 5.75 Å². The van der Waals surface area contributed by atoms with Crippen molar-refractivity contribution in [1.82, 2.24) is 9.88 Å². The molecule has 150 valence electrons. The van der Waals surface area contributed by atoms with Gasteiger partial charge in [0.15, 0.2) is 6.61 Å². The fourth-order valence-corrected chi connectivity index (χ4v) is 3.74. The second-order valence-electron chi connectivity index (χ2n) is 7.23. The molecule has 1 aliphatic heterocycles. The third-order valence-corrected chi connectivity index (χ3v) is 5.21. The molecule has 1 amide bonds. The summed E-state index contributed by atoms with van der Waals surface area (Å²) in [6, 6.07) is 13.9. The number of H-pyrrole nitrogens is 1. The first-order valence-electron chi connectivity index (χ1n) is 9.69. The van der Waals surface area contributed by atoms with E-state index in [9.17, 15) is 4.79 Å². The van der Waals surface area contributed by atoms with Crippen LogP contribution in [0, 0.1) is 0 Å². The van der Waals surface area contributed by atoms with Crippen molar-refractivity contribution in [1.29, 1.82) is 0 Å². The predicted molar refractivity (Wildman–Crippen MR) is 114 cm³/mol. The molecule has 4 rings (SSSR count). The summed E-state index contributed by atoms with van der Waals surface area (Å²) >= 11 is 0. The predicted octanol–water partition coefficient (Wildman–Crippen LogP) is 3.33. The number of carbonyl (C=O) groups excluding carboxylic acids is 1. The number of aromatic nitrogens is 1. The third kappa shape index (κ3) is 4.43. The zero-order valence-corrected chi connectivity index (χ0v) is 16.5. The molecular weight excluding hydrogens is 366 g/mol. The minimum Gasteiger partial charge on any atom is -0.497 e. The molecule has 0 bridgehead atoms. The zero-order chi connectivity index (χ0) is 20.2. The van der Waals surface area contributed by atoms with Crippen molar-refractivity contribution >= 4 is 22.4 Å². The molecule has 0 saturated carbocycles. The summed E-state index contributed by atoms with van der Waals surface area (Å²) in [4.78, 5) is 16.6. The van der Waals surface area contributed by atoms with Gasteiger partial charge in [0.1, 0.15) is 11.5 Å². The van der Waals surface area contributed by atoms with Gasteiger partial charge in [-0.15, -0.1) is 0 Å². The van der Waals surface area contributed by atoms with Crippen molar-refractivity contribution in [3.63, 3.8) is 0 Å². The third-order valence-electron chi connectivity index (χ3n) is 5.21. The SMILES string of the molecule is COc1ccc2[nH]cc(C3=CCN(Cc4cccc(OCC(N)=O)c4)CC3)c2c1. The van der Waals surface area contributed by atoms with Gasteiger partial charge in [0.05, 0.1) is 7.11 Å². The molecule has 0 unspecified atom stereocenters. The van der Waals surface area contributed by atoms with E-state index >= 15 is 0 Å². The highest BCUT2D eigenvalue weighted by Crippen LogP contribution is 2.31. The Morgan fingerprint density at radius 3 is 2.86 bits per heavy atom. The summed E-state index contributed by atoms with van der Waals surface area (Å²) in [6.07, 6.45) is 5.38. The van der Waals surface area contributed by atoms with Crippen molar-refractivity contribution < 1.29 is 14.3 Å². The van der Waals surface area contributed by atoms with E-state index in [1.54, 1.807) is 7.11 Å². The van der Waals surface area contributed by atoms with Crippen LogP contribution in [0.1, 0.15) is 17.5 Å². The van der Waals surface area contributed by atoms with E-state index in [1.165, 1.54) is 16.5 Å². The lowest BCUT2D eigenvalue weighted by atomic mass is 9.98. The highest BCUT2D eigenvalue weighted by atomic mass is 16.5. The number of fused-ring (bicyclic) bond motifs is 1. The van der Waals surface area contributed by atoms with Gasteiger partial charge in [-0.3, -0.25) is 9.69 Å². The van der Waals surface area contributed by atoms with Crippen molar-refractivity contribution in [2.45, 2.75) is 13.0 Å². The molecule has 2 aromatic carbocycles. The Bertz CT molecular complexity index is 1050. The molecule has 3 N–H and O–H groups in total. The van der Waals surface area contributed by atoms with Crippen LogP contribution < -0.4 is 15.2 Å². The first kappa shape index (κ1) is 19.1. The lowest BCUT2D eigenvalue weighted by Crippen LogP contribution is -2.28. The van der Waals surface area contributed by atoms with Crippen LogP contribution in [0.25, 0.3) is 16.5 Å². The number of rotatable bonds is 7. The summed E-state index contributed by atoms with van der Waals surface area (Å²) in [5, 5.41) is 1.20. The van der Waals surface area contributed by atoms with Crippen molar-refractivity contribution in [3.8, 4) is 11.5 Å². The van der Waals surface area contributed by atoms with E-state index in [0.717, 1.165) is 42.9 Å². The van der Waals surface area contributed by atoms with Crippen molar-refractivity contribution in [2.24, 2.45) is 5.73 Å². The highest BCUT2D eigenvalue weighted by Gasteiger charge is 2.16. The number of nitrogens with one attached hydrogen (secondary N) is 1. The Labute approximate surface area is 169 Å². The Morgan fingerprint density at radius 1 is 1.21 bits per heavy atom. The van der Waals surface area contributed by atoms with Crippen LogP contribution in [0.4, 0.5) is 0 Å². The normalized spacial score (nSPS) is 14.6. The van der Waals surface area contributed by atoms with Gasteiger partial charge in [0, 0.05) is 42.3 Å². The molecule has 3 aromatic rings. The molecule has 29 heavy (non-hydrogen) atoms. The standard InChI is InChI=1S/C23H25N3O3/c1-28-18-5-6-22-20(12-18)21(13-25-22)17-7-9-26(10-8-17)14-16-3-2-4-19(11-16)29-15-23(24)27/h2-7,11-13,25H,8-10,14-15H2,1H3,(H2,24,27). The van der Waals surface area contributed by atoms with Gasteiger partial charge >= 0.3 is 0 Å². The summed E-state index contributed by atoms with van der Waals surface area (Å²) in [6.45, 7) is 2.60. The van der Waals surface area contributed by atoms with Crippen LogP contribution in [-0.2, 0) is 11.3 Å². The molecule has 0 spiro atoms. The smallest absolute Gasteiger partial charge is 0.255 e. The highest BCUT2D eigenvalue weighted by molar-refractivity contribution is 5.93. The second-order valence-corrected chi connectivity index (χ2v) is 7.23. The molecule has 1 aliphatic rings. The topological polar surface area (TPSA) is 80.6 Å². The number of carbonyl (C=O) groups is 1. The molecule has 0 saturated heterocycles. The van der Waals surface area contributed by atoms with Gasteiger partial charge in [-0.05, 0) is 47.9 Å².